The Kier molecular flexibility index (Phi) is 13.8. The summed E-state index contributed by atoms with van der Waals surface area (Å²) in [5.41, 5.74) is 0.371. The van der Waals surface area contributed by atoms with Crippen molar-refractivity contribution in [3.63, 3.8) is 0 Å². The molecular weight excluding hydrogens is 819 g/mol. The van der Waals surface area contributed by atoms with Crippen molar-refractivity contribution >= 4 is 63.3 Å². The maximum atomic E-state index is 15.1. The molecule has 3 saturated heterocycles. The summed E-state index contributed by atoms with van der Waals surface area (Å²) in [6.07, 6.45) is -11.2. The first-order chi connectivity index (χ1) is 24.2. The standard InChI is InChI=1S/C35H47IO15S/c1-17-25(27-29(31(42-10)44-17)50-34(8,9)49-27)51-35(32(41)52-16-33(6,7)22-13-11-12-14-23(22)36)30(47-21(5)40)28(46-20(4)39)26(45-19(3)38)24(48-35)15-43-18(2)37/h11-14,17,24-31H,15-16H2,1-10H3/t17-,24+,25-,26+,27+,28-,29+,30-,31+,35+/m0/s1. The van der Waals surface area contributed by atoms with Crippen molar-refractivity contribution in [3.8, 4) is 0 Å². The highest BCUT2D eigenvalue weighted by Crippen LogP contribution is 2.46. The first kappa shape index (κ1) is 42.4. The zero-order valence-electron chi connectivity index (χ0n) is 30.8. The molecule has 4 rings (SSSR count). The van der Waals surface area contributed by atoms with Gasteiger partial charge in [0.25, 0.3) is 10.9 Å². The first-order valence-electron chi connectivity index (χ1n) is 16.7. The molecule has 3 heterocycles. The zero-order valence-corrected chi connectivity index (χ0v) is 33.8. The first-order valence-corrected chi connectivity index (χ1v) is 18.7. The molecule has 0 radical (unpaired) electrons. The quantitative estimate of drug-likeness (QED) is 0.169. The Bertz CT molecular complexity index is 1500. The topological polar surface area (TPSA) is 178 Å². The average Bonchev–Trinajstić information content (AvgIpc) is 3.37. The number of thioether (sulfide) groups is 1. The highest BCUT2D eigenvalue weighted by atomic mass is 127. The Labute approximate surface area is 320 Å². The second kappa shape index (κ2) is 17.0. The van der Waals surface area contributed by atoms with Gasteiger partial charge in [0, 0.05) is 49.5 Å². The number of carbonyl (C=O) groups is 5. The molecule has 0 saturated carbocycles. The average molecular weight is 867 g/mol. The number of rotatable bonds is 12. The van der Waals surface area contributed by atoms with E-state index in [0.29, 0.717) is 0 Å². The van der Waals surface area contributed by atoms with Gasteiger partial charge >= 0.3 is 23.9 Å². The van der Waals surface area contributed by atoms with Gasteiger partial charge < -0.3 is 47.4 Å². The van der Waals surface area contributed by atoms with Gasteiger partial charge in [0.15, 0.2) is 24.3 Å². The van der Waals surface area contributed by atoms with Gasteiger partial charge in [0.1, 0.15) is 31.0 Å². The zero-order chi connectivity index (χ0) is 38.8. The number of benzene rings is 1. The fourth-order valence-corrected chi connectivity index (χ4v) is 8.66. The molecule has 52 heavy (non-hydrogen) atoms. The molecule has 17 heteroatoms. The molecule has 0 aliphatic carbocycles. The van der Waals surface area contributed by atoms with Crippen molar-refractivity contribution < 1.29 is 71.3 Å². The fraction of sp³-hybridized carbons (Fsp3) is 0.686. The van der Waals surface area contributed by atoms with Crippen molar-refractivity contribution in [1.29, 1.82) is 0 Å². The van der Waals surface area contributed by atoms with Crippen LogP contribution in [0, 0.1) is 3.57 Å². The number of ether oxygens (including phenoxy) is 10. The molecule has 0 aromatic heterocycles. The van der Waals surface area contributed by atoms with Gasteiger partial charge in [-0.15, -0.1) is 0 Å². The molecule has 0 spiro atoms. The molecule has 1 aromatic rings. The number of fused-ring (bicyclic) bond motifs is 1. The number of hydrogen-bond acceptors (Lipinski definition) is 16. The SMILES string of the molecule is CO[C@@H]1O[C@@H](C)[C@H](O[C@]2(C(=O)SCC(C)(C)c3ccccc3I)O[C@H](COC(C)=O)[C@@H](OC(C)=O)[C@H](OC(C)=O)[C@@H]2OC(C)=O)[C@H]2OC(C)(C)O[C@@H]12. The van der Waals surface area contributed by atoms with Crippen LogP contribution in [0.2, 0.25) is 0 Å². The number of methoxy groups -OCH3 is 1. The Balaban J connectivity index is 1.91. The van der Waals surface area contributed by atoms with E-state index in [1.165, 1.54) is 7.11 Å². The van der Waals surface area contributed by atoms with Crippen molar-refractivity contribution in [3.05, 3.63) is 33.4 Å². The molecule has 0 amide bonds. The van der Waals surface area contributed by atoms with E-state index in [1.807, 2.05) is 38.1 Å². The lowest BCUT2D eigenvalue weighted by Gasteiger charge is -2.52. The second-order valence-electron chi connectivity index (χ2n) is 13.8. The molecule has 3 fully saturated rings. The van der Waals surface area contributed by atoms with E-state index in [9.17, 15) is 19.2 Å². The Morgan fingerprint density at radius 3 is 2.02 bits per heavy atom. The van der Waals surface area contributed by atoms with E-state index in [4.69, 9.17) is 47.4 Å². The van der Waals surface area contributed by atoms with Crippen LogP contribution < -0.4 is 0 Å². The number of esters is 4. The summed E-state index contributed by atoms with van der Waals surface area (Å²) in [6.45, 7) is 12.8. The van der Waals surface area contributed by atoms with Crippen LogP contribution in [0.25, 0.3) is 0 Å². The fourth-order valence-electron chi connectivity index (χ4n) is 6.48. The lowest BCUT2D eigenvalue weighted by atomic mass is 9.87. The van der Waals surface area contributed by atoms with Crippen LogP contribution in [-0.2, 0) is 76.8 Å². The van der Waals surface area contributed by atoms with Crippen LogP contribution in [0.3, 0.4) is 0 Å². The Hall–Kier alpha value is -2.39. The summed E-state index contributed by atoms with van der Waals surface area (Å²) in [5, 5.41) is -0.792. The molecule has 290 valence electrons. The summed E-state index contributed by atoms with van der Waals surface area (Å²) in [6, 6.07) is 7.72. The van der Waals surface area contributed by atoms with Crippen molar-refractivity contribution in [1.82, 2.24) is 0 Å². The van der Waals surface area contributed by atoms with Crippen molar-refractivity contribution in [2.45, 2.75) is 134 Å². The molecule has 1 aromatic carbocycles. The maximum absolute atomic E-state index is 15.1. The van der Waals surface area contributed by atoms with Crippen LogP contribution in [0.5, 0.6) is 0 Å². The van der Waals surface area contributed by atoms with Gasteiger partial charge in [-0.2, -0.15) is 0 Å². The molecular formula is C35H47IO15S. The lowest BCUT2D eigenvalue weighted by molar-refractivity contribution is -0.377. The van der Waals surface area contributed by atoms with Crippen LogP contribution in [0.1, 0.15) is 67.9 Å². The van der Waals surface area contributed by atoms with E-state index >= 15 is 4.79 Å². The molecule has 0 unspecified atom stereocenters. The minimum atomic E-state index is -2.61. The molecule has 0 bridgehead atoms. The summed E-state index contributed by atoms with van der Waals surface area (Å²) < 4.78 is 60.7. The largest absolute Gasteiger partial charge is 0.463 e. The van der Waals surface area contributed by atoms with Crippen LogP contribution in [0.15, 0.2) is 24.3 Å². The van der Waals surface area contributed by atoms with Crippen molar-refractivity contribution in [2.75, 3.05) is 19.5 Å². The Morgan fingerprint density at radius 1 is 0.846 bits per heavy atom. The highest BCUT2D eigenvalue weighted by Gasteiger charge is 2.68. The normalized spacial score (nSPS) is 32.6. The summed E-state index contributed by atoms with van der Waals surface area (Å²) in [7, 11) is 1.45. The van der Waals surface area contributed by atoms with Gasteiger partial charge in [0.05, 0.1) is 6.10 Å². The third-order valence-corrected chi connectivity index (χ3v) is 11.0. The van der Waals surface area contributed by atoms with Crippen LogP contribution in [0.4, 0.5) is 0 Å². The van der Waals surface area contributed by atoms with Gasteiger partial charge in [-0.1, -0.05) is 43.8 Å². The van der Waals surface area contributed by atoms with E-state index in [2.05, 4.69) is 22.6 Å². The minimum Gasteiger partial charge on any atom is -0.463 e. The smallest absolute Gasteiger partial charge is 0.303 e. The van der Waals surface area contributed by atoms with E-state index in [-0.39, 0.29) is 5.75 Å². The molecule has 3 aliphatic heterocycles. The van der Waals surface area contributed by atoms with Gasteiger partial charge in [-0.05, 0) is 55.0 Å². The number of halogens is 1. The predicted octanol–water partition coefficient (Wildman–Crippen LogP) is 3.58. The van der Waals surface area contributed by atoms with Crippen molar-refractivity contribution in [2.24, 2.45) is 0 Å². The summed E-state index contributed by atoms with van der Waals surface area (Å²) in [5.74, 6) is -6.88. The number of carbonyl (C=O) groups excluding carboxylic acids is 5. The Morgan fingerprint density at radius 2 is 1.44 bits per heavy atom. The molecule has 3 aliphatic rings. The third kappa shape index (κ3) is 9.64. The minimum absolute atomic E-state index is 0.175. The van der Waals surface area contributed by atoms with E-state index < -0.39 is 108 Å². The second-order valence-corrected chi connectivity index (χ2v) is 15.9. The summed E-state index contributed by atoms with van der Waals surface area (Å²) >= 11 is 3.05. The number of hydrogen-bond donors (Lipinski definition) is 0. The molecule has 15 nitrogen and oxygen atoms in total. The lowest BCUT2D eigenvalue weighted by Crippen LogP contribution is -2.73. The van der Waals surface area contributed by atoms with Crippen LogP contribution >= 0.6 is 34.4 Å². The van der Waals surface area contributed by atoms with Gasteiger partial charge in [0.2, 0.25) is 6.10 Å². The third-order valence-electron chi connectivity index (χ3n) is 8.60. The predicted molar refractivity (Wildman–Crippen MR) is 191 cm³/mol. The maximum Gasteiger partial charge on any atom is 0.303 e. The van der Waals surface area contributed by atoms with Gasteiger partial charge in [-0.3, -0.25) is 24.0 Å². The molecule has 10 atom stereocenters. The van der Waals surface area contributed by atoms with Gasteiger partial charge in [-0.25, -0.2) is 0 Å². The molecule has 0 N–H and O–H groups in total. The highest BCUT2D eigenvalue weighted by molar-refractivity contribution is 14.1. The van der Waals surface area contributed by atoms with Crippen LogP contribution in [-0.4, -0.2) is 115 Å². The summed E-state index contributed by atoms with van der Waals surface area (Å²) in [4.78, 5) is 65.1. The van der Waals surface area contributed by atoms with E-state index in [0.717, 1.165) is 48.6 Å². The monoisotopic (exact) mass is 866 g/mol. The van der Waals surface area contributed by atoms with E-state index in [1.54, 1.807) is 20.8 Å².